The summed E-state index contributed by atoms with van der Waals surface area (Å²) in [5.74, 6) is -0.373. The Labute approximate surface area is 126 Å². The van der Waals surface area contributed by atoms with Crippen molar-refractivity contribution in [2.24, 2.45) is 0 Å². The molecule has 2 rings (SSSR count). The summed E-state index contributed by atoms with van der Waals surface area (Å²) in [5.41, 5.74) is 2.89. The summed E-state index contributed by atoms with van der Waals surface area (Å²) in [5, 5.41) is 1.11. The number of hydrogen-bond donors (Lipinski definition) is 1. The van der Waals surface area contributed by atoms with Crippen molar-refractivity contribution >= 4 is 16.7 Å². The molecular weight excluding hydrogens is 263 g/mol. The van der Waals surface area contributed by atoms with Crippen molar-refractivity contribution in [2.45, 2.75) is 33.1 Å². The van der Waals surface area contributed by atoms with Crippen LogP contribution >= 0.6 is 0 Å². The molecule has 114 valence electrons. The molecule has 1 heterocycles. The molecule has 0 bridgehead atoms. The van der Waals surface area contributed by atoms with Gasteiger partial charge in [0.1, 0.15) is 5.83 Å². The molecule has 1 aromatic carbocycles. The smallest absolute Gasteiger partial charge is 0.123 e. The minimum Gasteiger partial charge on any atom is -0.361 e. The van der Waals surface area contributed by atoms with Crippen LogP contribution in [0.15, 0.2) is 31.0 Å². The number of H-pyrrole nitrogens is 1. The van der Waals surface area contributed by atoms with E-state index in [4.69, 9.17) is 0 Å². The summed E-state index contributed by atoms with van der Waals surface area (Å²) in [6.45, 7) is 11.1. The summed E-state index contributed by atoms with van der Waals surface area (Å²) in [6.07, 6.45) is 5.40. The van der Waals surface area contributed by atoms with Crippen LogP contribution in [0.5, 0.6) is 0 Å². The normalized spacial score (nSPS) is 11.4. The molecule has 3 heteroatoms. The van der Waals surface area contributed by atoms with Gasteiger partial charge in [-0.1, -0.05) is 20.4 Å². The maximum atomic E-state index is 13.3. The second-order valence-corrected chi connectivity index (χ2v) is 5.57. The Kier molecular flexibility index (Phi) is 5.57. The summed E-state index contributed by atoms with van der Waals surface area (Å²) < 4.78 is 13.3. The lowest BCUT2D eigenvalue weighted by Crippen LogP contribution is -2.27. The maximum absolute atomic E-state index is 13.3. The molecule has 0 saturated heterocycles. The average Bonchev–Trinajstić information content (AvgIpc) is 2.87. The van der Waals surface area contributed by atoms with E-state index in [0.29, 0.717) is 5.56 Å². The van der Waals surface area contributed by atoms with E-state index in [1.165, 1.54) is 18.4 Å². The van der Waals surface area contributed by atoms with Gasteiger partial charge < -0.3 is 9.88 Å². The molecule has 21 heavy (non-hydrogen) atoms. The fourth-order valence-corrected chi connectivity index (χ4v) is 2.80. The largest absolute Gasteiger partial charge is 0.361 e. The third kappa shape index (κ3) is 3.94. The molecule has 0 aliphatic rings. The topological polar surface area (TPSA) is 19.0 Å². The van der Waals surface area contributed by atoms with Crippen molar-refractivity contribution in [3.63, 3.8) is 0 Å². The number of aromatic amines is 1. The third-order valence-corrected chi connectivity index (χ3v) is 3.86. The first-order chi connectivity index (χ1) is 10.2. The Morgan fingerprint density at radius 1 is 1.19 bits per heavy atom. The number of halogens is 1. The second-order valence-electron chi connectivity index (χ2n) is 5.57. The zero-order chi connectivity index (χ0) is 15.2. The lowest BCUT2D eigenvalue weighted by Gasteiger charge is -2.20. The van der Waals surface area contributed by atoms with E-state index in [2.05, 4.69) is 30.3 Å². The summed E-state index contributed by atoms with van der Waals surface area (Å²) in [7, 11) is 0. The van der Waals surface area contributed by atoms with Crippen molar-refractivity contribution in [3.8, 4) is 0 Å². The van der Waals surface area contributed by atoms with E-state index in [-0.39, 0.29) is 5.83 Å². The van der Waals surface area contributed by atoms with Crippen molar-refractivity contribution in [1.29, 1.82) is 0 Å². The first kappa shape index (κ1) is 15.8. The second kappa shape index (κ2) is 7.41. The minimum atomic E-state index is -0.373. The highest BCUT2D eigenvalue weighted by Crippen LogP contribution is 2.24. The van der Waals surface area contributed by atoms with Gasteiger partial charge in [0, 0.05) is 29.2 Å². The standard InChI is InChI=1S/C18H25FN2/c1-4-9-21(10-5-2)11-8-16-13-20-18-7-6-15(14(3)19)12-17(16)18/h6-7,12-13,20H,3-5,8-11H2,1-2H3. The van der Waals surface area contributed by atoms with E-state index in [1.807, 2.05) is 18.3 Å². The molecule has 1 aromatic heterocycles. The van der Waals surface area contributed by atoms with Crippen molar-refractivity contribution in [3.05, 3.63) is 42.1 Å². The number of benzene rings is 1. The van der Waals surface area contributed by atoms with Gasteiger partial charge in [0.25, 0.3) is 0 Å². The Balaban J connectivity index is 2.14. The Morgan fingerprint density at radius 3 is 2.52 bits per heavy atom. The van der Waals surface area contributed by atoms with Gasteiger partial charge in [-0.3, -0.25) is 0 Å². The highest BCUT2D eigenvalue weighted by atomic mass is 19.1. The van der Waals surface area contributed by atoms with Crippen LogP contribution in [0.25, 0.3) is 16.7 Å². The molecule has 0 unspecified atom stereocenters. The molecule has 0 radical (unpaired) electrons. The maximum Gasteiger partial charge on any atom is 0.123 e. The lowest BCUT2D eigenvalue weighted by atomic mass is 10.1. The molecule has 0 aliphatic carbocycles. The zero-order valence-electron chi connectivity index (χ0n) is 13.1. The van der Waals surface area contributed by atoms with E-state index in [0.717, 1.165) is 37.0 Å². The first-order valence-electron chi connectivity index (χ1n) is 7.82. The highest BCUT2D eigenvalue weighted by Gasteiger charge is 2.08. The van der Waals surface area contributed by atoms with Crippen LogP contribution in [0.3, 0.4) is 0 Å². The molecule has 0 atom stereocenters. The van der Waals surface area contributed by atoms with E-state index >= 15 is 0 Å². The zero-order valence-corrected chi connectivity index (χ0v) is 13.1. The van der Waals surface area contributed by atoms with Crippen LogP contribution in [-0.2, 0) is 6.42 Å². The summed E-state index contributed by atoms with van der Waals surface area (Å²) in [6, 6.07) is 5.59. The van der Waals surface area contributed by atoms with Gasteiger partial charge in [0.15, 0.2) is 0 Å². The van der Waals surface area contributed by atoms with Crippen molar-refractivity contribution < 1.29 is 4.39 Å². The van der Waals surface area contributed by atoms with Gasteiger partial charge in [-0.05, 0) is 56.1 Å². The molecule has 0 saturated carbocycles. The fraction of sp³-hybridized carbons (Fsp3) is 0.444. The molecular formula is C18H25FN2. The van der Waals surface area contributed by atoms with Gasteiger partial charge in [-0.2, -0.15) is 0 Å². The molecule has 0 spiro atoms. The number of nitrogens with zero attached hydrogens (tertiary/aromatic N) is 1. The highest BCUT2D eigenvalue weighted by molar-refractivity contribution is 5.86. The Morgan fingerprint density at radius 2 is 1.90 bits per heavy atom. The van der Waals surface area contributed by atoms with Crippen LogP contribution in [-0.4, -0.2) is 29.5 Å². The molecule has 0 fully saturated rings. The van der Waals surface area contributed by atoms with Gasteiger partial charge in [-0.15, -0.1) is 0 Å². The molecule has 2 aromatic rings. The van der Waals surface area contributed by atoms with E-state index in [9.17, 15) is 4.39 Å². The third-order valence-electron chi connectivity index (χ3n) is 3.86. The van der Waals surface area contributed by atoms with Crippen LogP contribution in [0.2, 0.25) is 0 Å². The van der Waals surface area contributed by atoms with Crippen molar-refractivity contribution in [2.75, 3.05) is 19.6 Å². The molecule has 0 amide bonds. The fourth-order valence-electron chi connectivity index (χ4n) is 2.80. The summed E-state index contributed by atoms with van der Waals surface area (Å²) >= 11 is 0. The number of hydrogen-bond acceptors (Lipinski definition) is 1. The van der Waals surface area contributed by atoms with Gasteiger partial charge in [-0.25, -0.2) is 4.39 Å². The van der Waals surface area contributed by atoms with Gasteiger partial charge in [0.2, 0.25) is 0 Å². The predicted molar refractivity (Wildman–Crippen MR) is 89.2 cm³/mol. The quantitative estimate of drug-likeness (QED) is 0.741. The molecule has 0 aliphatic heterocycles. The lowest BCUT2D eigenvalue weighted by molar-refractivity contribution is 0.278. The number of fused-ring (bicyclic) bond motifs is 1. The predicted octanol–water partition coefficient (Wildman–Crippen LogP) is 4.77. The number of nitrogens with one attached hydrogen (secondary N) is 1. The van der Waals surface area contributed by atoms with Crippen LogP contribution < -0.4 is 0 Å². The average molecular weight is 288 g/mol. The summed E-state index contributed by atoms with van der Waals surface area (Å²) in [4.78, 5) is 5.77. The Hall–Kier alpha value is -1.61. The molecule has 2 nitrogen and oxygen atoms in total. The van der Waals surface area contributed by atoms with Crippen LogP contribution in [0.1, 0.15) is 37.8 Å². The van der Waals surface area contributed by atoms with E-state index < -0.39 is 0 Å². The SMILES string of the molecule is C=C(F)c1ccc2[nH]cc(CCN(CCC)CCC)c2c1. The van der Waals surface area contributed by atoms with Gasteiger partial charge >= 0.3 is 0 Å². The van der Waals surface area contributed by atoms with Gasteiger partial charge in [0.05, 0.1) is 0 Å². The van der Waals surface area contributed by atoms with Crippen LogP contribution in [0, 0.1) is 0 Å². The minimum absolute atomic E-state index is 0.373. The number of aromatic nitrogens is 1. The van der Waals surface area contributed by atoms with Crippen LogP contribution in [0.4, 0.5) is 4.39 Å². The van der Waals surface area contributed by atoms with E-state index in [1.54, 1.807) is 6.07 Å². The first-order valence-corrected chi connectivity index (χ1v) is 7.82. The van der Waals surface area contributed by atoms with Crippen molar-refractivity contribution in [1.82, 2.24) is 9.88 Å². The Bertz CT molecular complexity index is 594. The molecule has 1 N–H and O–H groups in total. The number of rotatable bonds is 8. The monoisotopic (exact) mass is 288 g/mol.